The predicted molar refractivity (Wildman–Crippen MR) is 110 cm³/mol. The molecule has 6 nitrogen and oxygen atoms in total. The standard InChI is InChI=1S/C23H19N3O3/c1-14-4-2-6-20(25-14)26-21(16-8-10-18-19(12-16)29-13-28-18)17-9-7-15-5-3-11-24-22(15)23(17)27/h2-12,21,27H,13H2,1H3,(H,25,26)/t21-/m0/s1. The molecule has 1 aliphatic rings. The average Bonchev–Trinajstić information content (AvgIpc) is 3.21. The lowest BCUT2D eigenvalue weighted by atomic mass is 9.96. The quantitative estimate of drug-likeness (QED) is 0.536. The van der Waals surface area contributed by atoms with Crippen LogP contribution in [0.3, 0.4) is 0 Å². The van der Waals surface area contributed by atoms with Crippen molar-refractivity contribution in [1.82, 2.24) is 9.97 Å². The van der Waals surface area contributed by atoms with Gasteiger partial charge in [-0.15, -0.1) is 0 Å². The smallest absolute Gasteiger partial charge is 0.231 e. The van der Waals surface area contributed by atoms with Crippen molar-refractivity contribution in [3.8, 4) is 17.2 Å². The highest BCUT2D eigenvalue weighted by Crippen LogP contribution is 2.40. The maximum Gasteiger partial charge on any atom is 0.231 e. The molecule has 0 aliphatic carbocycles. The average molecular weight is 385 g/mol. The van der Waals surface area contributed by atoms with Crippen LogP contribution in [0, 0.1) is 6.92 Å². The fraction of sp³-hybridized carbons (Fsp3) is 0.130. The lowest BCUT2D eigenvalue weighted by molar-refractivity contribution is 0.174. The second-order valence-electron chi connectivity index (χ2n) is 6.93. The highest BCUT2D eigenvalue weighted by Gasteiger charge is 2.23. The van der Waals surface area contributed by atoms with Crippen LogP contribution in [0.2, 0.25) is 0 Å². The van der Waals surface area contributed by atoms with E-state index in [0.29, 0.717) is 28.4 Å². The Kier molecular flexibility index (Phi) is 4.17. The molecule has 1 atom stereocenters. The third kappa shape index (κ3) is 3.18. The Morgan fingerprint density at radius 2 is 1.90 bits per heavy atom. The van der Waals surface area contributed by atoms with Crippen molar-refractivity contribution >= 4 is 16.7 Å². The molecular formula is C23H19N3O3. The van der Waals surface area contributed by atoms with Crippen LogP contribution < -0.4 is 14.8 Å². The fourth-order valence-corrected chi connectivity index (χ4v) is 3.58. The van der Waals surface area contributed by atoms with Crippen LogP contribution in [0.15, 0.2) is 66.9 Å². The number of phenolic OH excluding ortho intramolecular Hbond substituents is 1. The Morgan fingerprint density at radius 3 is 2.79 bits per heavy atom. The fourth-order valence-electron chi connectivity index (χ4n) is 3.58. The molecule has 3 heterocycles. The molecule has 2 aromatic heterocycles. The normalized spacial score (nSPS) is 13.4. The first-order valence-electron chi connectivity index (χ1n) is 9.35. The van der Waals surface area contributed by atoms with Crippen LogP contribution in [0.25, 0.3) is 10.9 Å². The van der Waals surface area contributed by atoms with Gasteiger partial charge in [-0.1, -0.05) is 30.3 Å². The van der Waals surface area contributed by atoms with Gasteiger partial charge in [0.05, 0.1) is 6.04 Å². The van der Waals surface area contributed by atoms with Gasteiger partial charge in [-0.05, 0) is 42.8 Å². The molecule has 0 amide bonds. The van der Waals surface area contributed by atoms with Gasteiger partial charge in [-0.25, -0.2) is 4.98 Å². The van der Waals surface area contributed by atoms with Gasteiger partial charge in [0, 0.05) is 22.8 Å². The van der Waals surface area contributed by atoms with Crippen molar-refractivity contribution in [2.45, 2.75) is 13.0 Å². The molecule has 5 rings (SSSR count). The van der Waals surface area contributed by atoms with Gasteiger partial charge in [0.25, 0.3) is 0 Å². The minimum Gasteiger partial charge on any atom is -0.505 e. The highest BCUT2D eigenvalue weighted by molar-refractivity contribution is 5.86. The van der Waals surface area contributed by atoms with Crippen LogP contribution in [0.1, 0.15) is 22.9 Å². The molecule has 0 saturated heterocycles. The minimum absolute atomic E-state index is 0.144. The number of nitrogens with zero attached hydrogens (tertiary/aromatic N) is 2. The molecule has 0 bridgehead atoms. The largest absolute Gasteiger partial charge is 0.505 e. The summed E-state index contributed by atoms with van der Waals surface area (Å²) in [4.78, 5) is 8.92. The number of aryl methyl sites for hydroxylation is 1. The molecule has 144 valence electrons. The number of nitrogens with one attached hydrogen (secondary N) is 1. The number of hydrogen-bond donors (Lipinski definition) is 2. The summed E-state index contributed by atoms with van der Waals surface area (Å²) in [6, 6.07) is 18.9. The summed E-state index contributed by atoms with van der Waals surface area (Å²) in [5, 5.41) is 15.4. The summed E-state index contributed by atoms with van der Waals surface area (Å²) in [6.45, 7) is 2.15. The second kappa shape index (κ2) is 6.98. The molecule has 6 heteroatoms. The lowest BCUT2D eigenvalue weighted by Gasteiger charge is -2.22. The van der Waals surface area contributed by atoms with Crippen molar-refractivity contribution in [1.29, 1.82) is 0 Å². The van der Waals surface area contributed by atoms with E-state index in [4.69, 9.17) is 9.47 Å². The van der Waals surface area contributed by atoms with E-state index in [2.05, 4.69) is 15.3 Å². The van der Waals surface area contributed by atoms with E-state index >= 15 is 0 Å². The van der Waals surface area contributed by atoms with Gasteiger partial charge in [-0.2, -0.15) is 0 Å². The summed E-state index contributed by atoms with van der Waals surface area (Å²) in [6.07, 6.45) is 1.68. The Balaban J connectivity index is 1.65. The number of fused-ring (bicyclic) bond motifs is 2. The molecule has 1 aliphatic heterocycles. The number of rotatable bonds is 4. The lowest BCUT2D eigenvalue weighted by Crippen LogP contribution is -2.14. The molecule has 29 heavy (non-hydrogen) atoms. The first-order valence-corrected chi connectivity index (χ1v) is 9.35. The number of ether oxygens (including phenoxy) is 2. The topological polar surface area (TPSA) is 76.5 Å². The maximum atomic E-state index is 11.0. The van der Waals surface area contributed by atoms with Crippen molar-refractivity contribution < 1.29 is 14.6 Å². The van der Waals surface area contributed by atoms with Gasteiger partial charge in [0.1, 0.15) is 17.1 Å². The minimum atomic E-state index is -0.356. The van der Waals surface area contributed by atoms with Crippen molar-refractivity contribution in [2.75, 3.05) is 12.1 Å². The highest BCUT2D eigenvalue weighted by atomic mass is 16.7. The van der Waals surface area contributed by atoms with E-state index in [0.717, 1.165) is 16.6 Å². The Hall–Kier alpha value is -3.80. The second-order valence-corrected chi connectivity index (χ2v) is 6.93. The maximum absolute atomic E-state index is 11.0. The summed E-state index contributed by atoms with van der Waals surface area (Å²) < 4.78 is 11.0. The van der Waals surface area contributed by atoms with Gasteiger partial charge in [-0.3, -0.25) is 4.98 Å². The zero-order valence-electron chi connectivity index (χ0n) is 15.8. The number of hydrogen-bond acceptors (Lipinski definition) is 6. The molecule has 2 aromatic carbocycles. The number of aromatic hydroxyl groups is 1. The van der Waals surface area contributed by atoms with E-state index in [1.807, 2.05) is 67.6 Å². The van der Waals surface area contributed by atoms with Crippen LogP contribution >= 0.6 is 0 Å². The van der Waals surface area contributed by atoms with E-state index in [1.54, 1.807) is 6.20 Å². The van der Waals surface area contributed by atoms with Gasteiger partial charge < -0.3 is 19.9 Å². The summed E-state index contributed by atoms with van der Waals surface area (Å²) in [7, 11) is 0. The molecule has 0 unspecified atom stereocenters. The van der Waals surface area contributed by atoms with Gasteiger partial charge >= 0.3 is 0 Å². The number of aromatic nitrogens is 2. The summed E-state index contributed by atoms with van der Waals surface area (Å²) in [5.41, 5.74) is 3.10. The van der Waals surface area contributed by atoms with E-state index in [1.165, 1.54) is 0 Å². The van der Waals surface area contributed by atoms with Crippen molar-refractivity contribution in [3.05, 3.63) is 83.7 Å². The van der Waals surface area contributed by atoms with Crippen LogP contribution in [-0.2, 0) is 0 Å². The zero-order chi connectivity index (χ0) is 19.8. The molecule has 0 saturated carbocycles. The Labute approximate surface area is 167 Å². The van der Waals surface area contributed by atoms with E-state index in [9.17, 15) is 5.11 Å². The zero-order valence-corrected chi connectivity index (χ0v) is 15.8. The SMILES string of the molecule is Cc1cccc(N[C@@H](c2ccc3c(c2)OCO3)c2ccc3cccnc3c2O)n1. The predicted octanol–water partition coefficient (Wildman–Crippen LogP) is 4.57. The van der Waals surface area contributed by atoms with Crippen LogP contribution in [-0.4, -0.2) is 21.9 Å². The first kappa shape index (κ1) is 17.3. The first-order chi connectivity index (χ1) is 14.2. The van der Waals surface area contributed by atoms with E-state index < -0.39 is 0 Å². The third-order valence-corrected chi connectivity index (χ3v) is 5.00. The molecule has 4 aromatic rings. The summed E-state index contributed by atoms with van der Waals surface area (Å²) in [5.74, 6) is 2.26. The molecular weight excluding hydrogens is 366 g/mol. The number of benzene rings is 2. The summed E-state index contributed by atoms with van der Waals surface area (Å²) >= 11 is 0. The third-order valence-electron chi connectivity index (χ3n) is 5.00. The number of pyridine rings is 2. The molecule has 0 fully saturated rings. The van der Waals surface area contributed by atoms with Crippen molar-refractivity contribution in [3.63, 3.8) is 0 Å². The van der Waals surface area contributed by atoms with Crippen LogP contribution in [0.5, 0.6) is 17.2 Å². The Bertz CT molecular complexity index is 1210. The van der Waals surface area contributed by atoms with Crippen LogP contribution in [0.4, 0.5) is 5.82 Å². The molecule has 2 N–H and O–H groups in total. The van der Waals surface area contributed by atoms with Gasteiger partial charge in [0.2, 0.25) is 6.79 Å². The number of anilines is 1. The Morgan fingerprint density at radius 1 is 1.00 bits per heavy atom. The van der Waals surface area contributed by atoms with Crippen molar-refractivity contribution in [2.24, 2.45) is 0 Å². The monoisotopic (exact) mass is 385 g/mol. The molecule has 0 spiro atoms. The molecule has 0 radical (unpaired) electrons. The number of phenols is 1. The van der Waals surface area contributed by atoms with Gasteiger partial charge in [0.15, 0.2) is 11.5 Å². The van der Waals surface area contributed by atoms with E-state index in [-0.39, 0.29) is 18.6 Å².